The molecule has 0 N–H and O–H groups in total. The van der Waals surface area contributed by atoms with Crippen molar-refractivity contribution in [3.8, 4) is 39.1 Å². The van der Waals surface area contributed by atoms with Crippen LogP contribution in [-0.2, 0) is 5.41 Å². The summed E-state index contributed by atoms with van der Waals surface area (Å²) in [6, 6.07) is 57.4. The van der Waals surface area contributed by atoms with E-state index in [2.05, 4.69) is 134 Å². The number of para-hydroxylation sites is 1. The Kier molecular flexibility index (Phi) is 6.35. The molecule has 0 aliphatic heterocycles. The van der Waals surface area contributed by atoms with Crippen LogP contribution in [0.4, 0.5) is 0 Å². The molecule has 0 atom stereocenters. The molecule has 0 spiro atoms. The van der Waals surface area contributed by atoms with Gasteiger partial charge in [0, 0.05) is 33.0 Å². The Morgan fingerprint density at radius 2 is 1.06 bits per heavy atom. The summed E-state index contributed by atoms with van der Waals surface area (Å²) >= 11 is 0. The highest BCUT2D eigenvalue weighted by atomic mass is 16.1. The normalized spacial score (nSPS) is 13.0. The predicted molar refractivity (Wildman–Crippen MR) is 199 cm³/mol. The van der Waals surface area contributed by atoms with Crippen LogP contribution in [0.1, 0.15) is 40.9 Å². The first kappa shape index (κ1) is 28.3. The van der Waals surface area contributed by atoms with Crippen LogP contribution in [0.25, 0.3) is 60.9 Å². The van der Waals surface area contributed by atoms with Crippen molar-refractivity contribution in [1.29, 1.82) is 0 Å². The van der Waals surface area contributed by atoms with Gasteiger partial charge in [-0.1, -0.05) is 129 Å². The van der Waals surface area contributed by atoms with Crippen molar-refractivity contribution >= 4 is 27.6 Å². The van der Waals surface area contributed by atoms with Crippen molar-refractivity contribution in [3.05, 3.63) is 186 Å². The maximum atomic E-state index is 13.2. The SMILES string of the molecule is CC1(C)c2ccccc2-c2cc3c4cc(-c5cccc(-c6cccc(C(=O)c7ccccc7)c6)c5)ccc4n(-c4ccccc4)c3cc21. The third kappa shape index (κ3) is 4.37. The van der Waals surface area contributed by atoms with E-state index in [1.807, 2.05) is 48.5 Å². The van der Waals surface area contributed by atoms with Crippen LogP contribution in [0.15, 0.2) is 164 Å². The second-order valence-corrected chi connectivity index (χ2v) is 13.3. The number of hydrogen-bond donors (Lipinski definition) is 0. The number of ketones is 1. The average molecular weight is 616 g/mol. The van der Waals surface area contributed by atoms with Gasteiger partial charge in [0.2, 0.25) is 0 Å². The smallest absolute Gasteiger partial charge is 0.193 e. The number of aromatic nitrogens is 1. The van der Waals surface area contributed by atoms with Crippen LogP contribution in [0.5, 0.6) is 0 Å². The lowest BCUT2D eigenvalue weighted by molar-refractivity contribution is 0.103. The lowest BCUT2D eigenvalue weighted by Gasteiger charge is -2.21. The second kappa shape index (κ2) is 10.8. The molecular weight excluding hydrogens is 583 g/mol. The highest BCUT2D eigenvalue weighted by molar-refractivity contribution is 6.13. The summed E-state index contributed by atoms with van der Waals surface area (Å²) in [5, 5.41) is 2.49. The summed E-state index contributed by atoms with van der Waals surface area (Å²) in [6.45, 7) is 4.69. The molecule has 1 aliphatic rings. The molecule has 2 nitrogen and oxygen atoms in total. The lowest BCUT2D eigenvalue weighted by Crippen LogP contribution is -2.14. The fourth-order valence-electron chi connectivity index (χ4n) is 7.72. The first-order valence-electron chi connectivity index (χ1n) is 16.6. The zero-order valence-corrected chi connectivity index (χ0v) is 26.9. The molecule has 9 rings (SSSR count). The van der Waals surface area contributed by atoms with E-state index in [1.54, 1.807) is 0 Å². The molecule has 1 aromatic heterocycles. The monoisotopic (exact) mass is 615 g/mol. The van der Waals surface area contributed by atoms with Crippen LogP contribution in [0.2, 0.25) is 0 Å². The minimum atomic E-state index is -0.0767. The van der Waals surface area contributed by atoms with Crippen molar-refractivity contribution in [1.82, 2.24) is 4.57 Å². The highest BCUT2D eigenvalue weighted by Crippen LogP contribution is 2.51. The molecule has 0 fully saturated rings. The van der Waals surface area contributed by atoms with E-state index in [-0.39, 0.29) is 11.2 Å². The zero-order chi connectivity index (χ0) is 32.4. The third-order valence-electron chi connectivity index (χ3n) is 10.2. The largest absolute Gasteiger partial charge is 0.309 e. The van der Waals surface area contributed by atoms with Gasteiger partial charge in [-0.3, -0.25) is 4.79 Å². The van der Waals surface area contributed by atoms with E-state index in [0.29, 0.717) is 11.1 Å². The molecule has 2 heteroatoms. The van der Waals surface area contributed by atoms with Gasteiger partial charge in [0.05, 0.1) is 11.0 Å². The summed E-state index contributed by atoms with van der Waals surface area (Å²) in [7, 11) is 0. The predicted octanol–water partition coefficient (Wildman–Crippen LogP) is 11.7. The standard InChI is InChI=1S/C46H33NO/c1-46(2)41-22-10-9-21-37(41)38-28-40-39-27-34(23-24-43(39)47(44(40)29-42(38)46)36-19-7-4-8-20-36)32-16-11-15-31(25-32)33-17-12-18-35(26-33)45(48)30-13-5-3-6-14-30/h3-29H,1-2H3. The van der Waals surface area contributed by atoms with Crippen LogP contribution in [0.3, 0.4) is 0 Å². The molecule has 0 bridgehead atoms. The Balaban J connectivity index is 1.20. The molecule has 8 aromatic rings. The quantitative estimate of drug-likeness (QED) is 0.177. The molecule has 48 heavy (non-hydrogen) atoms. The minimum Gasteiger partial charge on any atom is -0.309 e. The van der Waals surface area contributed by atoms with Crippen LogP contribution < -0.4 is 0 Å². The molecule has 1 aliphatic carbocycles. The first-order valence-corrected chi connectivity index (χ1v) is 16.6. The Bertz CT molecular complexity index is 2540. The van der Waals surface area contributed by atoms with Crippen molar-refractivity contribution in [2.75, 3.05) is 0 Å². The number of benzene rings is 7. The van der Waals surface area contributed by atoms with E-state index in [4.69, 9.17) is 0 Å². The molecule has 0 amide bonds. The minimum absolute atomic E-state index is 0.0337. The molecule has 0 saturated heterocycles. The average Bonchev–Trinajstić information content (AvgIpc) is 3.58. The zero-order valence-electron chi connectivity index (χ0n) is 26.9. The number of carbonyl (C=O) groups excluding carboxylic acids is 1. The van der Waals surface area contributed by atoms with Crippen LogP contribution in [-0.4, -0.2) is 10.4 Å². The maximum absolute atomic E-state index is 13.2. The fraction of sp³-hybridized carbons (Fsp3) is 0.0652. The van der Waals surface area contributed by atoms with Gasteiger partial charge in [0.15, 0.2) is 5.78 Å². The van der Waals surface area contributed by atoms with Gasteiger partial charge in [-0.25, -0.2) is 0 Å². The first-order chi connectivity index (χ1) is 23.5. The highest BCUT2D eigenvalue weighted by Gasteiger charge is 2.36. The van der Waals surface area contributed by atoms with Gasteiger partial charge in [-0.2, -0.15) is 0 Å². The van der Waals surface area contributed by atoms with Gasteiger partial charge >= 0.3 is 0 Å². The van der Waals surface area contributed by atoms with Crippen LogP contribution >= 0.6 is 0 Å². The molecule has 0 unspecified atom stereocenters. The summed E-state index contributed by atoms with van der Waals surface area (Å²) in [4.78, 5) is 13.2. The fourth-order valence-corrected chi connectivity index (χ4v) is 7.72. The number of fused-ring (bicyclic) bond motifs is 6. The van der Waals surface area contributed by atoms with Crippen LogP contribution in [0, 0.1) is 0 Å². The van der Waals surface area contributed by atoms with Crippen molar-refractivity contribution in [3.63, 3.8) is 0 Å². The van der Waals surface area contributed by atoms with Gasteiger partial charge in [0.25, 0.3) is 0 Å². The summed E-state index contributed by atoms with van der Waals surface area (Å²) in [5.41, 5.74) is 14.7. The molecule has 7 aromatic carbocycles. The number of hydrogen-bond acceptors (Lipinski definition) is 1. The number of nitrogens with zero attached hydrogens (tertiary/aromatic N) is 1. The molecule has 0 saturated carbocycles. The summed E-state index contributed by atoms with van der Waals surface area (Å²) < 4.78 is 2.42. The molecular formula is C46H33NO. The van der Waals surface area contributed by atoms with E-state index in [1.165, 1.54) is 44.1 Å². The van der Waals surface area contributed by atoms with Gasteiger partial charge < -0.3 is 4.57 Å². The lowest BCUT2D eigenvalue weighted by atomic mass is 9.82. The Morgan fingerprint density at radius 3 is 1.83 bits per heavy atom. The molecule has 1 heterocycles. The number of carbonyl (C=O) groups is 1. The molecule has 228 valence electrons. The van der Waals surface area contributed by atoms with Gasteiger partial charge in [-0.15, -0.1) is 0 Å². The topological polar surface area (TPSA) is 22.0 Å². The Labute approximate surface area is 280 Å². The van der Waals surface area contributed by atoms with E-state index < -0.39 is 0 Å². The van der Waals surface area contributed by atoms with Gasteiger partial charge in [-0.05, 0) is 93.0 Å². The Hall–Kier alpha value is -5.99. The summed E-state index contributed by atoms with van der Waals surface area (Å²) in [6.07, 6.45) is 0. The van der Waals surface area contributed by atoms with E-state index in [9.17, 15) is 4.79 Å². The summed E-state index contributed by atoms with van der Waals surface area (Å²) in [5.74, 6) is 0.0337. The maximum Gasteiger partial charge on any atom is 0.193 e. The second-order valence-electron chi connectivity index (χ2n) is 13.3. The van der Waals surface area contributed by atoms with Crippen molar-refractivity contribution in [2.24, 2.45) is 0 Å². The van der Waals surface area contributed by atoms with Gasteiger partial charge in [0.1, 0.15) is 0 Å². The van der Waals surface area contributed by atoms with Crippen molar-refractivity contribution < 1.29 is 4.79 Å². The van der Waals surface area contributed by atoms with E-state index >= 15 is 0 Å². The Morgan fingerprint density at radius 1 is 0.458 bits per heavy atom. The third-order valence-corrected chi connectivity index (χ3v) is 10.2. The van der Waals surface area contributed by atoms with Crippen molar-refractivity contribution in [2.45, 2.75) is 19.3 Å². The molecule has 0 radical (unpaired) electrons. The number of rotatable bonds is 5. The van der Waals surface area contributed by atoms with E-state index in [0.717, 1.165) is 27.9 Å².